The van der Waals surface area contributed by atoms with Crippen LogP contribution in [-0.4, -0.2) is 6.10 Å². The molecule has 0 radical (unpaired) electrons. The monoisotopic (exact) mass is 761 g/mol. The number of allylic oxidation sites excluding steroid dienone is 12. The summed E-state index contributed by atoms with van der Waals surface area (Å²) >= 11 is 0. The zero-order valence-electron chi connectivity index (χ0n) is 32.7. The zero-order chi connectivity index (χ0) is 39.5. The molecule has 3 nitrogen and oxygen atoms in total. The maximum atomic E-state index is 6.35. The van der Waals surface area contributed by atoms with Crippen LogP contribution in [0, 0.1) is 0 Å². The van der Waals surface area contributed by atoms with E-state index in [4.69, 9.17) is 9.47 Å². The molecular formula is C56H43NO2. The van der Waals surface area contributed by atoms with E-state index < -0.39 is 0 Å². The molecule has 0 aromatic heterocycles. The Balaban J connectivity index is 1.01. The van der Waals surface area contributed by atoms with Crippen molar-refractivity contribution in [2.24, 2.45) is 0 Å². The van der Waals surface area contributed by atoms with Crippen LogP contribution in [0.4, 0.5) is 17.1 Å². The van der Waals surface area contributed by atoms with E-state index in [9.17, 15) is 0 Å². The van der Waals surface area contributed by atoms with Gasteiger partial charge in [-0.15, -0.1) is 0 Å². The van der Waals surface area contributed by atoms with Crippen molar-refractivity contribution in [3.63, 3.8) is 0 Å². The molecule has 10 rings (SSSR count). The van der Waals surface area contributed by atoms with Gasteiger partial charge in [0.25, 0.3) is 0 Å². The molecule has 2 aliphatic heterocycles. The van der Waals surface area contributed by atoms with Crippen LogP contribution >= 0.6 is 0 Å². The number of nitrogens with zero attached hydrogens (tertiary/aromatic N) is 1. The van der Waals surface area contributed by atoms with E-state index in [1.807, 2.05) is 12.2 Å². The second-order valence-corrected chi connectivity index (χ2v) is 15.3. The molecule has 6 aromatic carbocycles. The molecule has 0 bridgehead atoms. The van der Waals surface area contributed by atoms with E-state index in [2.05, 4.69) is 218 Å². The minimum Gasteiger partial charge on any atom is -0.485 e. The van der Waals surface area contributed by atoms with E-state index in [-0.39, 0.29) is 17.9 Å². The Morgan fingerprint density at radius 1 is 0.542 bits per heavy atom. The molecule has 0 N–H and O–H groups in total. The van der Waals surface area contributed by atoms with Crippen LogP contribution in [0.3, 0.4) is 0 Å². The third kappa shape index (κ3) is 7.47. The van der Waals surface area contributed by atoms with Crippen LogP contribution in [0.15, 0.2) is 231 Å². The lowest BCUT2D eigenvalue weighted by Crippen LogP contribution is -2.15. The highest BCUT2D eigenvalue weighted by Gasteiger charge is 2.32. The number of benzene rings is 6. The van der Waals surface area contributed by atoms with Gasteiger partial charge >= 0.3 is 0 Å². The van der Waals surface area contributed by atoms with Crippen molar-refractivity contribution in [2.75, 3.05) is 4.90 Å². The van der Waals surface area contributed by atoms with Gasteiger partial charge in [-0.3, -0.25) is 0 Å². The third-order valence-electron chi connectivity index (χ3n) is 11.5. The first-order valence-electron chi connectivity index (χ1n) is 20.3. The minimum atomic E-state index is 0.0321. The Bertz CT molecular complexity index is 2720. The standard InChI is InChI=1S/C56H43NO2/c1-39-14-5-2-6-15-47-35-45(28-32-54(47)58-39)44-25-24-43(36-48(37-44)46-29-33-56-53(38-46)52-22-11-12-23-55(52)59-56)42-17-13-16-41(34-42)40-26-30-51(31-27-40)57(49-18-7-3-8-19-49)50-20-9-4-10-21-50/h2-14,16-38,44,52,55H,1,15H2/b6-2-,14-5-. The molecule has 0 fully saturated rings. The zero-order valence-corrected chi connectivity index (χ0v) is 32.7. The molecule has 2 heterocycles. The summed E-state index contributed by atoms with van der Waals surface area (Å²) in [6, 6.07) is 52.1. The normalized spacial score (nSPS) is 19.9. The Hall–Kier alpha value is -7.36. The second-order valence-electron chi connectivity index (χ2n) is 15.3. The van der Waals surface area contributed by atoms with Gasteiger partial charge in [0, 0.05) is 34.5 Å². The fraction of sp³-hybridized carbons (Fsp3) is 0.0714. The van der Waals surface area contributed by atoms with Crippen LogP contribution in [0.5, 0.6) is 11.5 Å². The van der Waals surface area contributed by atoms with Crippen molar-refractivity contribution in [1.29, 1.82) is 0 Å². The number of ether oxygens (including phenoxy) is 2. The molecular weight excluding hydrogens is 719 g/mol. The van der Waals surface area contributed by atoms with Gasteiger partial charge < -0.3 is 14.4 Å². The van der Waals surface area contributed by atoms with E-state index in [1.165, 1.54) is 27.8 Å². The maximum Gasteiger partial charge on any atom is 0.130 e. The van der Waals surface area contributed by atoms with Gasteiger partial charge in [0.15, 0.2) is 0 Å². The SMILES string of the molecule is C=C1/C=C\C=C/Cc2cc(C3C=CC(c4cccc(-c5ccc(N(c6ccccc6)c6ccccc6)cc5)c4)=CC(c4ccc5c(c4)C4C=CC=CC4O5)=C3)ccc2O1. The van der Waals surface area contributed by atoms with Crippen molar-refractivity contribution in [1.82, 2.24) is 0 Å². The first-order valence-corrected chi connectivity index (χ1v) is 20.3. The van der Waals surface area contributed by atoms with Gasteiger partial charge in [-0.1, -0.05) is 146 Å². The Morgan fingerprint density at radius 2 is 1.25 bits per heavy atom. The molecule has 3 unspecified atom stereocenters. The fourth-order valence-corrected chi connectivity index (χ4v) is 8.47. The highest BCUT2D eigenvalue weighted by Crippen LogP contribution is 2.44. The summed E-state index contributed by atoms with van der Waals surface area (Å²) in [4.78, 5) is 2.29. The summed E-state index contributed by atoms with van der Waals surface area (Å²) in [5, 5.41) is 0. The van der Waals surface area contributed by atoms with Gasteiger partial charge in [0.2, 0.25) is 0 Å². The summed E-state index contributed by atoms with van der Waals surface area (Å²) in [6.45, 7) is 4.08. The van der Waals surface area contributed by atoms with Crippen molar-refractivity contribution in [2.45, 2.75) is 24.4 Å². The van der Waals surface area contributed by atoms with Crippen molar-refractivity contribution in [3.8, 4) is 22.6 Å². The molecule has 3 atom stereocenters. The number of anilines is 3. The van der Waals surface area contributed by atoms with Crippen LogP contribution in [0.1, 0.15) is 39.7 Å². The van der Waals surface area contributed by atoms with Crippen LogP contribution in [0.25, 0.3) is 22.3 Å². The van der Waals surface area contributed by atoms with E-state index >= 15 is 0 Å². The van der Waals surface area contributed by atoms with E-state index in [1.54, 1.807) is 0 Å². The molecule has 0 amide bonds. The third-order valence-corrected chi connectivity index (χ3v) is 11.5. The minimum absolute atomic E-state index is 0.0321. The number of para-hydroxylation sites is 2. The maximum absolute atomic E-state index is 6.35. The van der Waals surface area contributed by atoms with Gasteiger partial charge in [-0.05, 0) is 130 Å². The predicted octanol–water partition coefficient (Wildman–Crippen LogP) is 14.2. The average molecular weight is 762 g/mol. The molecule has 0 saturated carbocycles. The van der Waals surface area contributed by atoms with Gasteiger partial charge in [-0.2, -0.15) is 0 Å². The second kappa shape index (κ2) is 15.9. The Morgan fingerprint density at radius 3 is 2.07 bits per heavy atom. The van der Waals surface area contributed by atoms with Gasteiger partial charge in [-0.25, -0.2) is 0 Å². The lowest BCUT2D eigenvalue weighted by Gasteiger charge is -2.25. The topological polar surface area (TPSA) is 21.7 Å². The molecule has 3 heteroatoms. The summed E-state index contributed by atoms with van der Waals surface area (Å²) < 4.78 is 12.5. The van der Waals surface area contributed by atoms with Gasteiger partial charge in [0.1, 0.15) is 23.4 Å². The molecule has 4 aliphatic rings. The van der Waals surface area contributed by atoms with Crippen LogP contribution < -0.4 is 14.4 Å². The predicted molar refractivity (Wildman–Crippen MR) is 244 cm³/mol. The highest BCUT2D eigenvalue weighted by molar-refractivity contribution is 5.91. The van der Waals surface area contributed by atoms with Crippen molar-refractivity contribution < 1.29 is 9.47 Å². The number of rotatable bonds is 7. The molecule has 2 aliphatic carbocycles. The smallest absolute Gasteiger partial charge is 0.130 e. The first-order chi connectivity index (χ1) is 29.1. The van der Waals surface area contributed by atoms with E-state index in [0.29, 0.717) is 5.76 Å². The number of hydrogen-bond acceptors (Lipinski definition) is 3. The number of hydrogen-bond donors (Lipinski definition) is 0. The molecule has 0 saturated heterocycles. The van der Waals surface area contributed by atoms with Crippen molar-refractivity contribution in [3.05, 3.63) is 259 Å². The fourth-order valence-electron chi connectivity index (χ4n) is 8.47. The Kier molecular flexibility index (Phi) is 9.69. The van der Waals surface area contributed by atoms with Crippen LogP contribution in [-0.2, 0) is 6.42 Å². The molecule has 6 aromatic rings. The average Bonchev–Trinajstić information content (AvgIpc) is 3.55. The van der Waals surface area contributed by atoms with Crippen molar-refractivity contribution >= 4 is 28.2 Å². The quantitative estimate of drug-likeness (QED) is 0.162. The highest BCUT2D eigenvalue weighted by atomic mass is 16.5. The lowest BCUT2D eigenvalue weighted by atomic mass is 9.88. The molecule has 284 valence electrons. The summed E-state index contributed by atoms with van der Waals surface area (Å²) in [6.07, 6.45) is 26.9. The Labute approximate surface area is 346 Å². The molecule has 0 spiro atoms. The summed E-state index contributed by atoms with van der Waals surface area (Å²) in [5.41, 5.74) is 13.9. The van der Waals surface area contributed by atoms with Crippen LogP contribution in [0.2, 0.25) is 0 Å². The first kappa shape index (κ1) is 36.0. The van der Waals surface area contributed by atoms with Gasteiger partial charge in [0.05, 0.1) is 0 Å². The lowest BCUT2D eigenvalue weighted by molar-refractivity contribution is 0.269. The largest absolute Gasteiger partial charge is 0.485 e. The van der Waals surface area contributed by atoms with E-state index in [0.717, 1.165) is 57.2 Å². The number of fused-ring (bicyclic) bond motifs is 4. The summed E-state index contributed by atoms with van der Waals surface area (Å²) in [7, 11) is 0. The molecule has 59 heavy (non-hydrogen) atoms. The summed E-state index contributed by atoms with van der Waals surface area (Å²) in [5.74, 6) is 2.68.